The second kappa shape index (κ2) is 5.10. The summed E-state index contributed by atoms with van der Waals surface area (Å²) in [7, 11) is 0. The topological polar surface area (TPSA) is 130 Å². The van der Waals surface area contributed by atoms with Crippen molar-refractivity contribution in [1.29, 1.82) is 0 Å². The molecule has 8 nitrogen and oxygen atoms in total. The Bertz CT molecular complexity index is 1010. The van der Waals surface area contributed by atoms with E-state index in [4.69, 9.17) is 9.47 Å². The predicted molar refractivity (Wildman–Crippen MR) is 108 cm³/mol. The average Bonchev–Trinajstić information content (AvgIpc) is 2.91. The molecule has 3 N–H and O–H groups in total. The fourth-order valence-electron chi connectivity index (χ4n) is 10.6. The Labute approximate surface area is 186 Å². The summed E-state index contributed by atoms with van der Waals surface area (Å²) in [6.07, 6.45) is -0.985. The first-order valence-corrected chi connectivity index (χ1v) is 11.6. The summed E-state index contributed by atoms with van der Waals surface area (Å²) in [6.45, 7) is 10.1. The normalized spacial score (nSPS) is 61.5. The van der Waals surface area contributed by atoms with Crippen LogP contribution in [0.25, 0.3) is 0 Å². The lowest BCUT2D eigenvalue weighted by Gasteiger charge is -2.65. The van der Waals surface area contributed by atoms with Crippen molar-refractivity contribution in [2.45, 2.75) is 70.9 Å². The fourth-order valence-corrected chi connectivity index (χ4v) is 10.6. The lowest BCUT2D eigenvalue weighted by Crippen LogP contribution is -2.67. The number of fused-ring (bicyclic) bond motifs is 8. The molecule has 6 aliphatic rings. The first-order chi connectivity index (χ1) is 14.6. The molecule has 32 heavy (non-hydrogen) atoms. The number of carbonyl (C=O) groups is 3. The Hall–Kier alpha value is -1.51. The van der Waals surface area contributed by atoms with Gasteiger partial charge in [-0.1, -0.05) is 27.7 Å². The molecule has 8 heteroatoms. The number of hydrogen-bond acceptors (Lipinski definition) is 8. The van der Waals surface area contributed by atoms with E-state index in [0.29, 0.717) is 0 Å². The highest BCUT2D eigenvalue weighted by Gasteiger charge is 3.01. The molecule has 6 fully saturated rings. The van der Waals surface area contributed by atoms with E-state index in [2.05, 4.69) is 0 Å². The molecule has 0 aromatic heterocycles. The third kappa shape index (κ3) is 1.56. The van der Waals surface area contributed by atoms with Crippen LogP contribution in [0.3, 0.4) is 0 Å². The number of rotatable bonds is 3. The molecule has 6 rings (SSSR count). The number of aliphatic hydroxyl groups excluding tert-OH is 1. The van der Waals surface area contributed by atoms with E-state index in [0.717, 1.165) is 0 Å². The molecule has 0 aliphatic heterocycles. The van der Waals surface area contributed by atoms with Crippen LogP contribution in [-0.4, -0.2) is 62.6 Å². The molecule has 6 saturated carbocycles. The molecule has 12 atom stereocenters. The molecule has 0 aromatic rings. The molecule has 0 saturated heterocycles. The van der Waals surface area contributed by atoms with Crippen molar-refractivity contribution in [2.75, 3.05) is 6.61 Å². The number of hydrogen-bond donors (Lipinski definition) is 3. The Morgan fingerprint density at radius 3 is 2.19 bits per heavy atom. The highest BCUT2D eigenvalue weighted by Crippen LogP contribution is 2.93. The second-order valence-electron chi connectivity index (χ2n) is 12.3. The maximum atomic E-state index is 13.5. The maximum Gasteiger partial charge on any atom is 0.303 e. The predicted octanol–water partition coefficient (Wildman–Crippen LogP) is 0.451. The summed E-state index contributed by atoms with van der Waals surface area (Å²) in [6, 6.07) is 0. The smallest absolute Gasteiger partial charge is 0.303 e. The van der Waals surface area contributed by atoms with Gasteiger partial charge in [-0.15, -0.1) is 0 Å². The van der Waals surface area contributed by atoms with Crippen LogP contribution >= 0.6 is 0 Å². The molecule has 0 aromatic carbocycles. The van der Waals surface area contributed by atoms with Gasteiger partial charge in [0.2, 0.25) is 0 Å². The van der Waals surface area contributed by atoms with E-state index in [1.54, 1.807) is 6.92 Å². The van der Waals surface area contributed by atoms with Crippen molar-refractivity contribution in [3.8, 4) is 0 Å². The van der Waals surface area contributed by atoms with Crippen LogP contribution in [-0.2, 0) is 23.9 Å². The summed E-state index contributed by atoms with van der Waals surface area (Å²) in [5.74, 6) is -3.79. The van der Waals surface area contributed by atoms with Gasteiger partial charge in [0.25, 0.3) is 0 Å². The molecule has 176 valence electrons. The molecule has 3 unspecified atom stereocenters. The Morgan fingerprint density at radius 1 is 1.03 bits per heavy atom. The SMILES string of the molecule is CC(=O)OCC12C[C@]3(O)C(=O)C1(C)C1[C@@H]2[C@@H]2[C@@H]4C(C)(C)[C@]4(OC(C)=O)[C@@H](O)[C@H](C)[C@@]2(O)[C@@H]13. The molecule has 6 aliphatic carbocycles. The van der Waals surface area contributed by atoms with Gasteiger partial charge in [0.05, 0.1) is 18.3 Å². The van der Waals surface area contributed by atoms with Gasteiger partial charge >= 0.3 is 11.9 Å². The second-order valence-corrected chi connectivity index (χ2v) is 12.3. The van der Waals surface area contributed by atoms with Crippen LogP contribution in [0.2, 0.25) is 0 Å². The third-order valence-electron chi connectivity index (χ3n) is 11.5. The monoisotopic (exact) mass is 448 g/mol. The minimum atomic E-state index is -1.71. The van der Waals surface area contributed by atoms with E-state index < -0.39 is 68.8 Å². The zero-order valence-electron chi connectivity index (χ0n) is 19.3. The fraction of sp³-hybridized carbons (Fsp3) is 0.875. The first kappa shape index (κ1) is 21.1. The van der Waals surface area contributed by atoms with E-state index in [-0.39, 0.29) is 36.6 Å². The van der Waals surface area contributed by atoms with Gasteiger partial charge in [-0.3, -0.25) is 14.4 Å². The number of ketones is 1. The molecular weight excluding hydrogens is 416 g/mol. The van der Waals surface area contributed by atoms with E-state index in [1.165, 1.54) is 13.8 Å². The number of esters is 2. The average molecular weight is 449 g/mol. The summed E-state index contributed by atoms with van der Waals surface area (Å²) in [5.41, 5.74) is -6.59. The van der Waals surface area contributed by atoms with Crippen LogP contribution in [0.5, 0.6) is 0 Å². The Morgan fingerprint density at radius 2 is 1.66 bits per heavy atom. The molecular formula is C24H32O8. The number of carbonyl (C=O) groups excluding carboxylic acids is 3. The van der Waals surface area contributed by atoms with Crippen molar-refractivity contribution in [3.63, 3.8) is 0 Å². The van der Waals surface area contributed by atoms with E-state index >= 15 is 0 Å². The minimum Gasteiger partial charge on any atom is -0.465 e. The zero-order valence-corrected chi connectivity index (χ0v) is 19.3. The van der Waals surface area contributed by atoms with Gasteiger partial charge in [-0.05, 0) is 24.2 Å². The summed E-state index contributed by atoms with van der Waals surface area (Å²) >= 11 is 0. The number of Topliss-reactive ketones (excluding diaryl/α,β-unsaturated/α-hetero) is 1. The lowest BCUT2D eigenvalue weighted by molar-refractivity contribution is -0.236. The van der Waals surface area contributed by atoms with Crippen LogP contribution < -0.4 is 0 Å². The quantitative estimate of drug-likeness (QED) is 0.531. The van der Waals surface area contributed by atoms with E-state index in [9.17, 15) is 29.7 Å². The molecule has 0 amide bonds. The summed E-state index contributed by atoms with van der Waals surface area (Å²) < 4.78 is 11.3. The van der Waals surface area contributed by atoms with Crippen molar-refractivity contribution in [3.05, 3.63) is 0 Å². The van der Waals surface area contributed by atoms with Crippen molar-refractivity contribution >= 4 is 17.7 Å². The largest absolute Gasteiger partial charge is 0.465 e. The molecule has 0 heterocycles. The van der Waals surface area contributed by atoms with Crippen LogP contribution in [0.1, 0.15) is 48.0 Å². The number of ether oxygens (including phenoxy) is 2. The van der Waals surface area contributed by atoms with Crippen LogP contribution in [0.4, 0.5) is 0 Å². The van der Waals surface area contributed by atoms with Crippen LogP contribution in [0.15, 0.2) is 0 Å². The lowest BCUT2D eigenvalue weighted by atomic mass is 9.37. The van der Waals surface area contributed by atoms with Crippen LogP contribution in [0, 0.1) is 51.8 Å². The minimum absolute atomic E-state index is 0.0119. The third-order valence-corrected chi connectivity index (χ3v) is 11.5. The standard InChI is InChI=1S/C24H32O8/c1-9-17(27)24(32-11(3)26)15(19(24,4)5)14-12-13-16(23(9,14)30)22(29)7-21(12,8-31-10(2)25)20(13,6)18(22)28/h9,12-17,27,29-30H,7-8H2,1-6H3/t9-,12+,13?,14+,15+,16-,17-,20?,21?,22+,23-,24+/m0/s1. The zero-order chi connectivity index (χ0) is 23.6. The highest BCUT2D eigenvalue weighted by molar-refractivity contribution is 6.01. The van der Waals surface area contributed by atoms with Gasteiger partial charge in [0.15, 0.2) is 5.78 Å². The molecule has 2 bridgehead atoms. The summed E-state index contributed by atoms with van der Waals surface area (Å²) in [4.78, 5) is 37.3. The van der Waals surface area contributed by atoms with Gasteiger partial charge in [0, 0.05) is 47.8 Å². The van der Waals surface area contributed by atoms with Gasteiger partial charge in [-0.25, -0.2) is 0 Å². The Balaban J connectivity index is 1.55. The van der Waals surface area contributed by atoms with Crippen molar-refractivity contribution in [2.24, 2.45) is 51.8 Å². The first-order valence-electron chi connectivity index (χ1n) is 11.6. The maximum absolute atomic E-state index is 13.5. The van der Waals surface area contributed by atoms with Gasteiger partial charge in [-0.2, -0.15) is 0 Å². The van der Waals surface area contributed by atoms with E-state index in [1.807, 2.05) is 20.8 Å². The van der Waals surface area contributed by atoms with Crippen molar-refractivity contribution < 1.29 is 39.2 Å². The van der Waals surface area contributed by atoms with Crippen molar-refractivity contribution in [1.82, 2.24) is 0 Å². The number of aliphatic hydroxyl groups is 3. The van der Waals surface area contributed by atoms with Gasteiger partial charge in [0.1, 0.15) is 11.2 Å². The molecule has 0 radical (unpaired) electrons. The summed E-state index contributed by atoms with van der Waals surface area (Å²) in [5, 5.41) is 35.5. The Kier molecular flexibility index (Phi) is 3.36. The molecule has 0 spiro atoms. The highest BCUT2D eigenvalue weighted by atomic mass is 16.6. The van der Waals surface area contributed by atoms with Gasteiger partial charge < -0.3 is 24.8 Å².